The van der Waals surface area contributed by atoms with Crippen LogP contribution in [0.4, 0.5) is 11.6 Å². The summed E-state index contributed by atoms with van der Waals surface area (Å²) in [6, 6.07) is 19.5. The highest BCUT2D eigenvalue weighted by Crippen LogP contribution is 2.25. The summed E-state index contributed by atoms with van der Waals surface area (Å²) in [4.78, 5) is 26.7. The number of nitrogens with zero attached hydrogens (tertiary/aromatic N) is 4. The topological polar surface area (TPSA) is 60.1 Å². The predicted molar refractivity (Wildman–Crippen MR) is 102 cm³/mol. The number of rotatable bonds is 4. The molecule has 1 aromatic heterocycles. The van der Waals surface area contributed by atoms with Gasteiger partial charge in [-0.15, -0.1) is 5.10 Å². The summed E-state index contributed by atoms with van der Waals surface area (Å²) in [5, 5.41) is 4.44. The molecule has 2 aromatic carbocycles. The average molecular weight is 346 g/mol. The molecule has 26 heavy (non-hydrogen) atoms. The van der Waals surface area contributed by atoms with Crippen molar-refractivity contribution in [2.75, 3.05) is 11.4 Å². The monoisotopic (exact) mass is 346 g/mol. The second-order valence-electron chi connectivity index (χ2n) is 6.04. The number of benzene rings is 2. The smallest absolute Gasteiger partial charge is 0.309 e. The van der Waals surface area contributed by atoms with Crippen LogP contribution in [0.1, 0.15) is 5.56 Å². The van der Waals surface area contributed by atoms with Crippen LogP contribution < -0.4 is 16.0 Å². The van der Waals surface area contributed by atoms with Crippen LogP contribution in [-0.4, -0.2) is 20.9 Å². The molecule has 0 amide bonds. The van der Waals surface area contributed by atoms with Crippen LogP contribution in [-0.2, 0) is 13.1 Å². The lowest BCUT2D eigenvalue weighted by atomic mass is 10.2. The summed E-state index contributed by atoms with van der Waals surface area (Å²) in [5.74, 6) is 0.508. The van der Waals surface area contributed by atoms with Crippen LogP contribution in [0.5, 0.6) is 0 Å². The maximum atomic E-state index is 12.4. The molecule has 4 rings (SSSR count). The highest BCUT2D eigenvalue weighted by atomic mass is 16.2. The molecule has 1 aliphatic rings. The summed E-state index contributed by atoms with van der Waals surface area (Å²) in [6.07, 6.45) is 3.75. The van der Waals surface area contributed by atoms with Gasteiger partial charge in [-0.05, 0) is 17.7 Å². The molecular formula is C20H18N4O2. The molecule has 0 unspecified atom stereocenters. The van der Waals surface area contributed by atoms with Crippen LogP contribution in [0.2, 0.25) is 0 Å². The molecule has 6 nitrogen and oxygen atoms in total. The number of hydrogen-bond acceptors (Lipinski definition) is 4. The van der Waals surface area contributed by atoms with Gasteiger partial charge >= 0.3 is 11.1 Å². The standard InChI is InChI=1S/C20H18N4O2/c25-18-19(26)24(13-7-10-16-8-3-1-4-9-16)21-20-22(14-15-23(18)20)17-11-5-2-6-12-17/h1-12H,13-15H2/b10-7+. The van der Waals surface area contributed by atoms with Gasteiger partial charge in [-0.1, -0.05) is 60.7 Å². The van der Waals surface area contributed by atoms with Gasteiger partial charge in [0, 0.05) is 18.8 Å². The normalized spacial score (nSPS) is 13.3. The van der Waals surface area contributed by atoms with Crippen LogP contribution in [0.3, 0.4) is 0 Å². The average Bonchev–Trinajstić information content (AvgIpc) is 3.11. The maximum absolute atomic E-state index is 12.4. The molecule has 0 saturated carbocycles. The predicted octanol–water partition coefficient (Wildman–Crippen LogP) is 2.27. The molecule has 0 saturated heterocycles. The van der Waals surface area contributed by atoms with Gasteiger partial charge < -0.3 is 4.90 Å². The van der Waals surface area contributed by atoms with Crippen LogP contribution in [0.25, 0.3) is 6.08 Å². The quantitative estimate of drug-likeness (QED) is 0.680. The third kappa shape index (κ3) is 2.97. The Labute approximate surface area is 150 Å². The summed E-state index contributed by atoms with van der Waals surface area (Å²) in [5.41, 5.74) is 0.864. The van der Waals surface area contributed by atoms with Gasteiger partial charge in [0.1, 0.15) is 0 Å². The number of allylic oxidation sites excluding steroid dienone is 1. The largest absolute Gasteiger partial charge is 0.333 e. The van der Waals surface area contributed by atoms with Crippen molar-refractivity contribution in [3.63, 3.8) is 0 Å². The fraction of sp³-hybridized carbons (Fsp3) is 0.150. The molecule has 0 aliphatic carbocycles. The molecular weight excluding hydrogens is 328 g/mol. The van der Waals surface area contributed by atoms with E-state index in [0.29, 0.717) is 19.0 Å². The molecule has 0 bridgehead atoms. The Morgan fingerprint density at radius 1 is 0.885 bits per heavy atom. The van der Waals surface area contributed by atoms with E-state index in [1.54, 1.807) is 0 Å². The molecule has 130 valence electrons. The van der Waals surface area contributed by atoms with E-state index in [2.05, 4.69) is 5.10 Å². The Balaban J connectivity index is 1.67. The first kappa shape index (κ1) is 16.1. The molecule has 0 N–H and O–H groups in total. The van der Waals surface area contributed by atoms with Crippen molar-refractivity contribution in [1.82, 2.24) is 14.3 Å². The van der Waals surface area contributed by atoms with Gasteiger partial charge in [-0.25, -0.2) is 4.68 Å². The second-order valence-corrected chi connectivity index (χ2v) is 6.04. The Bertz CT molecular complexity index is 1050. The zero-order chi connectivity index (χ0) is 17.9. The molecule has 3 aromatic rings. The lowest BCUT2D eigenvalue weighted by Crippen LogP contribution is -2.42. The van der Waals surface area contributed by atoms with Gasteiger partial charge in [-0.2, -0.15) is 0 Å². The summed E-state index contributed by atoms with van der Waals surface area (Å²) in [6.45, 7) is 1.33. The first-order valence-electron chi connectivity index (χ1n) is 8.50. The Morgan fingerprint density at radius 3 is 2.31 bits per heavy atom. The highest BCUT2D eigenvalue weighted by Gasteiger charge is 2.25. The zero-order valence-corrected chi connectivity index (χ0v) is 14.2. The molecule has 0 spiro atoms. The summed E-state index contributed by atoms with van der Waals surface area (Å²) >= 11 is 0. The molecule has 0 radical (unpaired) electrons. The molecule has 6 heteroatoms. The minimum atomic E-state index is -0.596. The van der Waals surface area contributed by atoms with Gasteiger partial charge in [0.05, 0.1) is 6.54 Å². The molecule has 0 fully saturated rings. The first-order valence-corrected chi connectivity index (χ1v) is 8.50. The van der Waals surface area contributed by atoms with Gasteiger partial charge in [0.2, 0.25) is 5.95 Å². The fourth-order valence-corrected chi connectivity index (χ4v) is 3.05. The molecule has 1 aliphatic heterocycles. The number of para-hydroxylation sites is 1. The van der Waals surface area contributed by atoms with E-state index in [4.69, 9.17) is 0 Å². The Kier molecular flexibility index (Phi) is 4.23. The molecule has 2 heterocycles. The first-order chi connectivity index (χ1) is 12.7. The minimum Gasteiger partial charge on any atom is -0.309 e. The van der Waals surface area contributed by atoms with Crippen LogP contribution >= 0.6 is 0 Å². The van der Waals surface area contributed by atoms with E-state index in [-0.39, 0.29) is 6.54 Å². The summed E-state index contributed by atoms with van der Waals surface area (Å²) < 4.78 is 2.68. The Hall–Kier alpha value is -3.41. The van der Waals surface area contributed by atoms with Crippen LogP contribution in [0.15, 0.2) is 76.3 Å². The van der Waals surface area contributed by atoms with E-state index in [1.165, 1.54) is 9.25 Å². The van der Waals surface area contributed by atoms with Gasteiger partial charge in [0.15, 0.2) is 0 Å². The highest BCUT2D eigenvalue weighted by molar-refractivity contribution is 5.58. The van der Waals surface area contributed by atoms with Crippen molar-refractivity contribution in [3.8, 4) is 0 Å². The lowest BCUT2D eigenvalue weighted by Gasteiger charge is -2.17. The van der Waals surface area contributed by atoms with Crippen molar-refractivity contribution in [1.29, 1.82) is 0 Å². The number of anilines is 2. The SMILES string of the molecule is O=c1c(=O)n2c(nn1C/C=C/c1ccccc1)N(c1ccccc1)CC2. The fourth-order valence-electron chi connectivity index (χ4n) is 3.05. The lowest BCUT2D eigenvalue weighted by molar-refractivity contribution is 0.600. The van der Waals surface area contributed by atoms with Crippen molar-refractivity contribution < 1.29 is 0 Å². The van der Waals surface area contributed by atoms with E-state index in [1.807, 2.05) is 77.7 Å². The third-order valence-electron chi connectivity index (χ3n) is 4.36. The van der Waals surface area contributed by atoms with E-state index in [9.17, 15) is 9.59 Å². The number of hydrogen-bond donors (Lipinski definition) is 0. The Morgan fingerprint density at radius 2 is 1.58 bits per heavy atom. The van der Waals surface area contributed by atoms with Crippen molar-refractivity contribution >= 4 is 17.7 Å². The van der Waals surface area contributed by atoms with E-state index < -0.39 is 11.1 Å². The summed E-state index contributed by atoms with van der Waals surface area (Å²) in [7, 11) is 0. The third-order valence-corrected chi connectivity index (χ3v) is 4.36. The van der Waals surface area contributed by atoms with Gasteiger partial charge in [-0.3, -0.25) is 14.2 Å². The van der Waals surface area contributed by atoms with Crippen molar-refractivity contribution in [3.05, 3.63) is 93.0 Å². The van der Waals surface area contributed by atoms with Crippen LogP contribution in [0, 0.1) is 0 Å². The maximum Gasteiger partial charge on any atom is 0.333 e. The van der Waals surface area contributed by atoms with E-state index >= 15 is 0 Å². The van der Waals surface area contributed by atoms with Crippen molar-refractivity contribution in [2.24, 2.45) is 0 Å². The minimum absolute atomic E-state index is 0.249. The zero-order valence-electron chi connectivity index (χ0n) is 14.2. The number of fused-ring (bicyclic) bond motifs is 1. The number of aromatic nitrogens is 3. The second kappa shape index (κ2) is 6.84. The van der Waals surface area contributed by atoms with Crippen molar-refractivity contribution in [2.45, 2.75) is 13.1 Å². The molecule has 0 atom stereocenters. The van der Waals surface area contributed by atoms with Gasteiger partial charge in [0.25, 0.3) is 0 Å². The van der Waals surface area contributed by atoms with E-state index in [0.717, 1.165) is 11.3 Å².